The van der Waals surface area contributed by atoms with Gasteiger partial charge in [-0.3, -0.25) is 9.59 Å². The van der Waals surface area contributed by atoms with E-state index < -0.39 is 5.41 Å². The Kier molecular flexibility index (Phi) is 5.28. The summed E-state index contributed by atoms with van der Waals surface area (Å²) < 4.78 is 0. The van der Waals surface area contributed by atoms with Gasteiger partial charge in [-0.2, -0.15) is 11.3 Å². The third-order valence-electron chi connectivity index (χ3n) is 6.33. The number of hydrogen-bond acceptors (Lipinski definition) is 3. The minimum absolute atomic E-state index is 0.137. The van der Waals surface area contributed by atoms with E-state index in [0.29, 0.717) is 19.5 Å². The minimum Gasteiger partial charge on any atom is -0.348 e. The first kappa shape index (κ1) is 19.2. The molecule has 1 saturated heterocycles. The molecule has 0 spiro atoms. The van der Waals surface area contributed by atoms with Gasteiger partial charge in [-0.05, 0) is 59.2 Å². The number of thiophene rings is 1. The Balaban J connectivity index is 1.53. The molecule has 1 aliphatic heterocycles. The second-order valence-electron chi connectivity index (χ2n) is 8.50. The minimum atomic E-state index is -0.507. The van der Waals surface area contributed by atoms with Gasteiger partial charge in [0.1, 0.15) is 0 Å². The molecule has 2 amide bonds. The first-order valence-corrected chi connectivity index (χ1v) is 11.0. The van der Waals surface area contributed by atoms with Crippen LogP contribution in [0.15, 0.2) is 41.1 Å². The summed E-state index contributed by atoms with van der Waals surface area (Å²) in [5, 5.41) is 4.23. The lowest BCUT2D eigenvalue weighted by Gasteiger charge is -2.33. The van der Waals surface area contributed by atoms with Crippen molar-refractivity contribution in [1.29, 1.82) is 0 Å². The van der Waals surface area contributed by atoms with Gasteiger partial charge in [-0.15, -0.1) is 0 Å². The van der Waals surface area contributed by atoms with Crippen molar-refractivity contribution in [2.45, 2.75) is 32.1 Å². The van der Waals surface area contributed by atoms with Crippen LogP contribution in [0.4, 0.5) is 0 Å². The number of carbonyl (C=O) groups is 2. The van der Waals surface area contributed by atoms with Crippen molar-refractivity contribution in [3.8, 4) is 11.1 Å². The van der Waals surface area contributed by atoms with Gasteiger partial charge in [0, 0.05) is 33.1 Å². The molecule has 1 aromatic carbocycles. The number of amides is 2. The van der Waals surface area contributed by atoms with Crippen molar-refractivity contribution >= 4 is 23.2 Å². The number of nitrogens with zero attached hydrogens (tertiary/aromatic N) is 2. The Bertz CT molecular complexity index is 840. The molecular formula is C23H28N2O2S. The molecule has 2 aliphatic rings. The van der Waals surface area contributed by atoms with Crippen LogP contribution in [-0.4, -0.2) is 48.8 Å². The van der Waals surface area contributed by atoms with Crippen LogP contribution < -0.4 is 0 Å². The normalized spacial score (nSPS) is 22.1. The van der Waals surface area contributed by atoms with Gasteiger partial charge in [-0.1, -0.05) is 30.7 Å². The topological polar surface area (TPSA) is 40.6 Å². The molecule has 148 valence electrons. The fraction of sp³-hybridized carbons (Fsp3) is 0.478. The molecule has 0 radical (unpaired) electrons. The Morgan fingerprint density at radius 2 is 1.89 bits per heavy atom. The van der Waals surface area contributed by atoms with Crippen molar-refractivity contribution in [2.75, 3.05) is 27.2 Å². The van der Waals surface area contributed by atoms with Crippen LogP contribution in [0.1, 0.15) is 31.2 Å². The molecule has 28 heavy (non-hydrogen) atoms. The fourth-order valence-corrected chi connectivity index (χ4v) is 5.14. The van der Waals surface area contributed by atoms with Gasteiger partial charge in [0.05, 0.1) is 5.41 Å². The molecule has 1 aliphatic carbocycles. The lowest BCUT2D eigenvalue weighted by Crippen LogP contribution is -2.46. The first-order chi connectivity index (χ1) is 13.5. The molecule has 1 aromatic heterocycles. The van der Waals surface area contributed by atoms with Crippen LogP contribution in [0.2, 0.25) is 0 Å². The molecule has 0 N–H and O–H groups in total. The maximum atomic E-state index is 13.1. The van der Waals surface area contributed by atoms with Crippen molar-refractivity contribution in [3.63, 3.8) is 0 Å². The zero-order valence-corrected chi connectivity index (χ0v) is 17.5. The molecule has 4 rings (SSSR count). The van der Waals surface area contributed by atoms with Crippen LogP contribution in [0.25, 0.3) is 11.1 Å². The Hall–Kier alpha value is -2.14. The quantitative estimate of drug-likeness (QED) is 0.765. The molecule has 1 atom stereocenters. The summed E-state index contributed by atoms with van der Waals surface area (Å²) in [5.74, 6) is 0.584. The number of benzene rings is 1. The molecule has 2 aromatic rings. The molecular weight excluding hydrogens is 368 g/mol. The van der Waals surface area contributed by atoms with E-state index in [1.807, 2.05) is 19.0 Å². The molecule has 4 nitrogen and oxygen atoms in total. The van der Waals surface area contributed by atoms with E-state index in [0.717, 1.165) is 31.2 Å². The summed E-state index contributed by atoms with van der Waals surface area (Å²) >= 11 is 1.70. The summed E-state index contributed by atoms with van der Waals surface area (Å²) in [4.78, 5) is 29.5. The summed E-state index contributed by atoms with van der Waals surface area (Å²) in [6, 6.07) is 10.7. The average molecular weight is 397 g/mol. The zero-order valence-electron chi connectivity index (χ0n) is 16.7. The standard InChI is InChI=1S/C23H28N2O2S/c1-24(2)22(27)23(11-12-25(16-23)21(26)19-4-3-5-19)14-17-6-8-18(9-7-17)20-10-13-28-15-20/h6-10,13,15,19H,3-5,11-12,14,16H2,1-2H3. The predicted octanol–water partition coefficient (Wildman–Crippen LogP) is 4.06. The van der Waals surface area contributed by atoms with Gasteiger partial charge in [0.2, 0.25) is 11.8 Å². The molecule has 1 saturated carbocycles. The number of rotatable bonds is 5. The first-order valence-electron chi connectivity index (χ1n) is 10.1. The zero-order chi connectivity index (χ0) is 19.7. The summed E-state index contributed by atoms with van der Waals surface area (Å²) in [5.41, 5.74) is 3.08. The number of hydrogen-bond donors (Lipinski definition) is 0. The number of carbonyl (C=O) groups excluding carboxylic acids is 2. The van der Waals surface area contributed by atoms with E-state index in [4.69, 9.17) is 0 Å². The summed E-state index contributed by atoms with van der Waals surface area (Å²) in [7, 11) is 3.64. The highest BCUT2D eigenvalue weighted by atomic mass is 32.1. The maximum Gasteiger partial charge on any atom is 0.230 e. The van der Waals surface area contributed by atoms with Crippen molar-refractivity contribution in [1.82, 2.24) is 9.80 Å². The molecule has 2 heterocycles. The monoisotopic (exact) mass is 396 g/mol. The smallest absolute Gasteiger partial charge is 0.230 e. The largest absolute Gasteiger partial charge is 0.348 e. The van der Waals surface area contributed by atoms with E-state index >= 15 is 0 Å². The Labute approximate surface area is 171 Å². The average Bonchev–Trinajstić information content (AvgIpc) is 3.31. The molecule has 5 heteroatoms. The highest BCUT2D eigenvalue weighted by molar-refractivity contribution is 7.08. The third-order valence-corrected chi connectivity index (χ3v) is 7.01. The van der Waals surface area contributed by atoms with Gasteiger partial charge in [0.15, 0.2) is 0 Å². The third kappa shape index (κ3) is 3.60. The summed E-state index contributed by atoms with van der Waals surface area (Å²) in [6.45, 7) is 1.24. The van der Waals surface area contributed by atoms with Gasteiger partial charge >= 0.3 is 0 Å². The SMILES string of the molecule is CN(C)C(=O)C1(Cc2ccc(-c3ccsc3)cc2)CCN(C(=O)C2CCC2)C1. The van der Waals surface area contributed by atoms with Gasteiger partial charge in [-0.25, -0.2) is 0 Å². The van der Waals surface area contributed by atoms with E-state index in [9.17, 15) is 9.59 Å². The van der Waals surface area contributed by atoms with Gasteiger partial charge < -0.3 is 9.80 Å². The molecule has 2 fully saturated rings. The highest BCUT2D eigenvalue weighted by Crippen LogP contribution is 2.39. The molecule has 0 bridgehead atoms. The van der Waals surface area contributed by atoms with Crippen molar-refractivity contribution in [3.05, 3.63) is 46.7 Å². The van der Waals surface area contributed by atoms with Crippen molar-refractivity contribution in [2.24, 2.45) is 11.3 Å². The second-order valence-corrected chi connectivity index (χ2v) is 9.28. The van der Waals surface area contributed by atoms with E-state index in [1.54, 1.807) is 16.2 Å². The maximum absolute atomic E-state index is 13.1. The van der Waals surface area contributed by atoms with Crippen LogP contribution in [0.3, 0.4) is 0 Å². The second kappa shape index (κ2) is 7.70. The van der Waals surface area contributed by atoms with Crippen LogP contribution in [0.5, 0.6) is 0 Å². The van der Waals surface area contributed by atoms with Crippen LogP contribution in [-0.2, 0) is 16.0 Å². The van der Waals surface area contributed by atoms with E-state index in [1.165, 1.54) is 11.1 Å². The fourth-order valence-electron chi connectivity index (χ4n) is 4.48. The Morgan fingerprint density at radius 1 is 1.14 bits per heavy atom. The Morgan fingerprint density at radius 3 is 2.46 bits per heavy atom. The lowest BCUT2D eigenvalue weighted by molar-refractivity contribution is -0.141. The number of likely N-dealkylation sites (tertiary alicyclic amines) is 1. The van der Waals surface area contributed by atoms with E-state index in [2.05, 4.69) is 41.1 Å². The predicted molar refractivity (Wildman–Crippen MR) is 113 cm³/mol. The van der Waals surface area contributed by atoms with Gasteiger partial charge in [0.25, 0.3) is 0 Å². The highest BCUT2D eigenvalue weighted by Gasteiger charge is 2.47. The summed E-state index contributed by atoms with van der Waals surface area (Å²) in [6.07, 6.45) is 4.60. The van der Waals surface area contributed by atoms with E-state index in [-0.39, 0.29) is 17.7 Å². The van der Waals surface area contributed by atoms with Crippen molar-refractivity contribution < 1.29 is 9.59 Å². The lowest BCUT2D eigenvalue weighted by atomic mass is 9.79. The molecule has 1 unspecified atom stereocenters. The van der Waals surface area contributed by atoms with Crippen LogP contribution >= 0.6 is 11.3 Å². The van der Waals surface area contributed by atoms with Crippen LogP contribution in [0, 0.1) is 11.3 Å².